The van der Waals surface area contributed by atoms with Gasteiger partial charge in [-0.25, -0.2) is 26.4 Å². The molecule has 4 amide bonds. The Balaban J connectivity index is 1.37. The van der Waals surface area contributed by atoms with Crippen LogP contribution in [0.15, 0.2) is 0 Å². The number of nitrogens with one attached hydrogen (secondary N) is 4. The van der Waals surface area contributed by atoms with Crippen LogP contribution in [-0.2, 0) is 19.7 Å². The SMILES string of the molecule is O=C(NCCCCCCNC(=O)NCC1CCS(=O)(=O)C1)NCC1CCS(=O)(=O)C1. The van der Waals surface area contributed by atoms with E-state index in [2.05, 4.69) is 21.3 Å². The van der Waals surface area contributed by atoms with Gasteiger partial charge in [-0.3, -0.25) is 0 Å². The lowest BCUT2D eigenvalue weighted by Gasteiger charge is -2.11. The number of hydrogen-bond acceptors (Lipinski definition) is 6. The van der Waals surface area contributed by atoms with Gasteiger partial charge in [0.05, 0.1) is 23.0 Å². The Kier molecular flexibility index (Phi) is 9.66. The molecule has 2 fully saturated rings. The molecule has 4 N–H and O–H groups in total. The summed E-state index contributed by atoms with van der Waals surface area (Å²) in [6, 6.07) is -0.541. The van der Waals surface area contributed by atoms with Crippen LogP contribution in [0.4, 0.5) is 9.59 Å². The number of unbranched alkanes of at least 4 members (excludes halogenated alkanes) is 3. The van der Waals surface area contributed by atoms with E-state index in [1.165, 1.54) is 0 Å². The Morgan fingerprint density at radius 1 is 0.633 bits per heavy atom. The van der Waals surface area contributed by atoms with Crippen LogP contribution in [0.25, 0.3) is 0 Å². The molecular weight excluding hydrogens is 432 g/mol. The standard InChI is InChI=1S/C18H34N4O6S2/c23-17(21-11-15-5-9-29(25,26)13-15)19-7-3-1-2-4-8-20-18(24)22-12-16-6-10-30(27,28)14-16/h15-16H,1-14H2,(H2,19,21,23)(H2,20,22,24). The molecule has 2 rings (SSSR count). The number of amides is 4. The van der Waals surface area contributed by atoms with Gasteiger partial charge in [-0.15, -0.1) is 0 Å². The topological polar surface area (TPSA) is 151 Å². The monoisotopic (exact) mass is 466 g/mol. The average molecular weight is 467 g/mol. The van der Waals surface area contributed by atoms with E-state index in [-0.39, 0.29) is 46.9 Å². The molecule has 0 aromatic carbocycles. The van der Waals surface area contributed by atoms with E-state index in [1.807, 2.05) is 0 Å². The third-order valence-electron chi connectivity index (χ3n) is 5.43. The van der Waals surface area contributed by atoms with Gasteiger partial charge in [-0.1, -0.05) is 12.8 Å². The molecule has 0 aliphatic carbocycles. The van der Waals surface area contributed by atoms with E-state index in [9.17, 15) is 26.4 Å². The fourth-order valence-electron chi connectivity index (χ4n) is 3.67. The first-order chi connectivity index (χ1) is 14.2. The van der Waals surface area contributed by atoms with Crippen molar-refractivity contribution in [3.8, 4) is 0 Å². The van der Waals surface area contributed by atoms with Gasteiger partial charge in [0, 0.05) is 26.2 Å². The van der Waals surface area contributed by atoms with Crippen molar-refractivity contribution in [2.24, 2.45) is 11.8 Å². The van der Waals surface area contributed by atoms with E-state index < -0.39 is 19.7 Å². The van der Waals surface area contributed by atoms with Crippen LogP contribution < -0.4 is 21.3 Å². The lowest BCUT2D eigenvalue weighted by molar-refractivity contribution is 0.238. The molecule has 0 bridgehead atoms. The van der Waals surface area contributed by atoms with Crippen molar-refractivity contribution in [1.82, 2.24) is 21.3 Å². The molecule has 174 valence electrons. The van der Waals surface area contributed by atoms with Crippen molar-refractivity contribution in [2.45, 2.75) is 38.5 Å². The molecule has 2 atom stereocenters. The molecule has 0 radical (unpaired) electrons. The van der Waals surface area contributed by atoms with Crippen molar-refractivity contribution >= 4 is 31.7 Å². The molecule has 0 spiro atoms. The minimum Gasteiger partial charge on any atom is -0.338 e. The van der Waals surface area contributed by atoms with Gasteiger partial charge in [-0.05, 0) is 37.5 Å². The smallest absolute Gasteiger partial charge is 0.314 e. The first-order valence-electron chi connectivity index (χ1n) is 10.6. The second-order valence-corrected chi connectivity index (χ2v) is 12.7. The summed E-state index contributed by atoms with van der Waals surface area (Å²) in [5.41, 5.74) is 0. The van der Waals surface area contributed by atoms with Crippen LogP contribution in [-0.4, -0.2) is 78.1 Å². The number of sulfone groups is 2. The highest BCUT2D eigenvalue weighted by Gasteiger charge is 2.28. The molecule has 0 aromatic rings. The first kappa shape index (κ1) is 24.7. The zero-order chi connectivity index (χ0) is 22.0. The van der Waals surface area contributed by atoms with Crippen molar-refractivity contribution in [1.29, 1.82) is 0 Å². The molecule has 2 heterocycles. The summed E-state index contributed by atoms with van der Waals surface area (Å²) in [4.78, 5) is 23.4. The Hall–Kier alpha value is -1.56. The van der Waals surface area contributed by atoms with Crippen LogP contribution in [0.3, 0.4) is 0 Å². The highest BCUT2D eigenvalue weighted by molar-refractivity contribution is 7.91. The molecule has 0 saturated carbocycles. The second-order valence-electron chi connectivity index (χ2n) is 8.23. The quantitative estimate of drug-likeness (QED) is 0.315. The van der Waals surface area contributed by atoms with E-state index in [1.54, 1.807) is 0 Å². The van der Waals surface area contributed by atoms with Gasteiger partial charge in [0.1, 0.15) is 0 Å². The Morgan fingerprint density at radius 3 is 1.37 bits per heavy atom. The Bertz CT molecular complexity index is 718. The van der Waals surface area contributed by atoms with Gasteiger partial charge in [-0.2, -0.15) is 0 Å². The predicted molar refractivity (Wildman–Crippen MR) is 115 cm³/mol. The van der Waals surface area contributed by atoms with Crippen LogP contribution in [0.5, 0.6) is 0 Å². The number of hydrogen-bond donors (Lipinski definition) is 4. The maximum Gasteiger partial charge on any atom is 0.314 e. The van der Waals surface area contributed by atoms with Gasteiger partial charge >= 0.3 is 12.1 Å². The maximum atomic E-state index is 11.7. The predicted octanol–water partition coefficient (Wildman–Crippen LogP) is 0.0146. The van der Waals surface area contributed by atoms with Gasteiger partial charge in [0.15, 0.2) is 19.7 Å². The first-order valence-corrected chi connectivity index (χ1v) is 14.2. The zero-order valence-electron chi connectivity index (χ0n) is 17.3. The highest BCUT2D eigenvalue weighted by Crippen LogP contribution is 2.17. The van der Waals surface area contributed by atoms with E-state index >= 15 is 0 Å². The van der Waals surface area contributed by atoms with Gasteiger partial charge in [0.2, 0.25) is 0 Å². The maximum absolute atomic E-state index is 11.7. The molecule has 2 aliphatic heterocycles. The molecule has 0 aromatic heterocycles. The summed E-state index contributed by atoms with van der Waals surface area (Å²) < 4.78 is 45.5. The van der Waals surface area contributed by atoms with Crippen molar-refractivity contribution in [3.63, 3.8) is 0 Å². The molecule has 2 saturated heterocycles. The number of carbonyl (C=O) groups excluding carboxylic acids is 2. The Labute approximate surface area is 179 Å². The third-order valence-corrected chi connectivity index (χ3v) is 9.10. The van der Waals surface area contributed by atoms with Crippen molar-refractivity contribution in [3.05, 3.63) is 0 Å². The molecule has 30 heavy (non-hydrogen) atoms. The summed E-state index contributed by atoms with van der Waals surface area (Å²) in [5.74, 6) is 0.752. The molecule has 2 unspecified atom stereocenters. The normalized spacial score (nSPS) is 24.3. The van der Waals surface area contributed by atoms with Gasteiger partial charge in [0.25, 0.3) is 0 Å². The number of urea groups is 2. The van der Waals surface area contributed by atoms with E-state index in [4.69, 9.17) is 0 Å². The van der Waals surface area contributed by atoms with Crippen molar-refractivity contribution in [2.75, 3.05) is 49.2 Å². The summed E-state index contributed by atoms with van der Waals surface area (Å²) in [6.45, 7) is 1.87. The zero-order valence-corrected chi connectivity index (χ0v) is 19.0. The number of carbonyl (C=O) groups is 2. The Morgan fingerprint density at radius 2 is 1.03 bits per heavy atom. The summed E-state index contributed by atoms with van der Waals surface area (Å²) in [5, 5.41) is 11.0. The molecule has 2 aliphatic rings. The third kappa shape index (κ3) is 9.96. The lowest BCUT2D eigenvalue weighted by Crippen LogP contribution is -2.39. The summed E-state index contributed by atoms with van der Waals surface area (Å²) in [6.07, 6.45) is 4.71. The molecular formula is C18H34N4O6S2. The highest BCUT2D eigenvalue weighted by atomic mass is 32.2. The van der Waals surface area contributed by atoms with Gasteiger partial charge < -0.3 is 21.3 Å². The second kappa shape index (κ2) is 11.7. The molecule has 12 heteroatoms. The minimum absolute atomic E-state index is 0.0108. The van der Waals surface area contributed by atoms with Crippen LogP contribution >= 0.6 is 0 Å². The van der Waals surface area contributed by atoms with Crippen molar-refractivity contribution < 1.29 is 26.4 Å². The van der Waals surface area contributed by atoms with E-state index in [0.717, 1.165) is 25.7 Å². The summed E-state index contributed by atoms with van der Waals surface area (Å²) >= 11 is 0. The summed E-state index contributed by atoms with van der Waals surface area (Å²) in [7, 11) is -5.83. The van der Waals surface area contributed by atoms with Crippen LogP contribution in [0.2, 0.25) is 0 Å². The fraction of sp³-hybridized carbons (Fsp3) is 0.889. The lowest BCUT2D eigenvalue weighted by atomic mass is 10.1. The number of rotatable bonds is 11. The minimum atomic E-state index is -2.92. The fourth-order valence-corrected chi connectivity index (χ4v) is 7.40. The average Bonchev–Trinajstić information content (AvgIpc) is 3.21. The van der Waals surface area contributed by atoms with Crippen LogP contribution in [0, 0.1) is 11.8 Å². The van der Waals surface area contributed by atoms with E-state index in [0.29, 0.717) is 39.0 Å². The largest absolute Gasteiger partial charge is 0.338 e. The molecule has 10 nitrogen and oxygen atoms in total. The van der Waals surface area contributed by atoms with Crippen LogP contribution in [0.1, 0.15) is 38.5 Å².